The van der Waals surface area contributed by atoms with Gasteiger partial charge in [-0.15, -0.1) is 0 Å². The largest absolute Gasteiger partial charge is 0.393 e. The van der Waals surface area contributed by atoms with Crippen LogP contribution in [0.15, 0.2) is 34.7 Å². The van der Waals surface area contributed by atoms with E-state index >= 15 is 0 Å². The molecule has 26 heavy (non-hydrogen) atoms. The number of anilines is 1. The Bertz CT molecular complexity index is 842. The van der Waals surface area contributed by atoms with Crippen LogP contribution < -0.4 is 5.32 Å². The summed E-state index contributed by atoms with van der Waals surface area (Å²) >= 11 is 0. The van der Waals surface area contributed by atoms with E-state index in [-0.39, 0.29) is 17.0 Å². The molecule has 3 rings (SSSR count). The average molecular weight is 375 g/mol. The molecule has 1 aromatic rings. The van der Waals surface area contributed by atoms with Gasteiger partial charge in [0.05, 0.1) is 22.3 Å². The summed E-state index contributed by atoms with van der Waals surface area (Å²) in [5.41, 5.74) is 1.98. The van der Waals surface area contributed by atoms with E-state index in [1.54, 1.807) is 12.1 Å². The molecule has 1 heterocycles. The van der Waals surface area contributed by atoms with Gasteiger partial charge in [0.2, 0.25) is 10.0 Å². The lowest BCUT2D eigenvalue weighted by molar-refractivity contribution is 0.124. The Balaban J connectivity index is 1.87. The summed E-state index contributed by atoms with van der Waals surface area (Å²) < 4.78 is 27.4. The molecule has 0 bridgehead atoms. The maximum absolute atomic E-state index is 13.0. The number of nitrogens with zero attached hydrogens (tertiary/aromatic N) is 2. The molecule has 1 aliphatic heterocycles. The van der Waals surface area contributed by atoms with E-state index in [1.807, 2.05) is 6.92 Å². The molecule has 2 atom stereocenters. The highest BCUT2D eigenvalue weighted by Crippen LogP contribution is 2.28. The molecule has 1 aromatic carbocycles. The van der Waals surface area contributed by atoms with Gasteiger partial charge in [0.25, 0.3) is 0 Å². The van der Waals surface area contributed by atoms with Crippen molar-refractivity contribution < 1.29 is 13.5 Å². The molecule has 2 aliphatic rings. The minimum atomic E-state index is -3.60. The predicted molar refractivity (Wildman–Crippen MR) is 100 cm³/mol. The molecule has 0 saturated heterocycles. The molecule has 1 saturated carbocycles. The first kappa shape index (κ1) is 18.9. The second kappa shape index (κ2) is 7.78. The second-order valence-corrected chi connectivity index (χ2v) is 9.10. The zero-order valence-corrected chi connectivity index (χ0v) is 15.8. The molecular formula is C19H25N3O3S. The lowest BCUT2D eigenvalue weighted by Crippen LogP contribution is -2.35. The van der Waals surface area contributed by atoms with Crippen LogP contribution in [0.5, 0.6) is 0 Å². The Hall–Kier alpha value is -1.88. The topological polar surface area (TPSA) is 93.4 Å². The van der Waals surface area contributed by atoms with Crippen molar-refractivity contribution in [2.45, 2.75) is 56.1 Å². The number of aliphatic hydroxyl groups excluding tert-OH is 1. The van der Waals surface area contributed by atoms with Crippen molar-refractivity contribution >= 4 is 15.7 Å². The van der Waals surface area contributed by atoms with Gasteiger partial charge in [0, 0.05) is 19.1 Å². The van der Waals surface area contributed by atoms with E-state index < -0.39 is 10.0 Å². The standard InChI is InChI=1S/C19H25N3O3S/c1-14-4-3-9-22(13-14)26(24,25)18-8-7-15(12-20)19(11-18)21-16-5-2-6-17(23)10-16/h4,7-8,11,16-17,21,23H,2-3,5-6,9-10,13H2,1H3. The summed E-state index contributed by atoms with van der Waals surface area (Å²) in [5.74, 6) is 0. The monoisotopic (exact) mass is 375 g/mol. The van der Waals surface area contributed by atoms with E-state index in [2.05, 4.69) is 17.5 Å². The van der Waals surface area contributed by atoms with Crippen molar-refractivity contribution in [2.75, 3.05) is 18.4 Å². The van der Waals surface area contributed by atoms with Crippen LogP contribution >= 0.6 is 0 Å². The van der Waals surface area contributed by atoms with Crippen LogP contribution in [0, 0.1) is 11.3 Å². The summed E-state index contributed by atoms with van der Waals surface area (Å²) in [6.07, 6.45) is 5.64. The smallest absolute Gasteiger partial charge is 0.243 e. The van der Waals surface area contributed by atoms with E-state index in [0.717, 1.165) is 24.8 Å². The Morgan fingerprint density at radius 3 is 2.85 bits per heavy atom. The fourth-order valence-electron chi connectivity index (χ4n) is 3.65. The quantitative estimate of drug-likeness (QED) is 0.789. The number of sulfonamides is 1. The number of nitrogens with one attached hydrogen (secondary N) is 1. The molecule has 0 aromatic heterocycles. The fourth-order valence-corrected chi connectivity index (χ4v) is 5.17. The molecule has 0 radical (unpaired) electrons. The second-order valence-electron chi connectivity index (χ2n) is 7.16. The summed E-state index contributed by atoms with van der Waals surface area (Å²) in [4.78, 5) is 0.199. The minimum Gasteiger partial charge on any atom is -0.393 e. The van der Waals surface area contributed by atoms with Gasteiger partial charge in [-0.3, -0.25) is 0 Å². The van der Waals surface area contributed by atoms with Crippen molar-refractivity contribution in [1.82, 2.24) is 4.31 Å². The number of rotatable bonds is 4. The predicted octanol–water partition coefficient (Wildman–Crippen LogP) is 2.61. The van der Waals surface area contributed by atoms with Crippen molar-refractivity contribution in [3.8, 4) is 6.07 Å². The molecule has 2 N–H and O–H groups in total. The third kappa shape index (κ3) is 4.09. The fraction of sp³-hybridized carbons (Fsp3) is 0.526. The molecule has 0 amide bonds. The van der Waals surface area contributed by atoms with E-state index in [9.17, 15) is 18.8 Å². The normalized spacial score (nSPS) is 24.6. The van der Waals surface area contributed by atoms with Gasteiger partial charge in [-0.1, -0.05) is 11.6 Å². The van der Waals surface area contributed by atoms with Crippen LogP contribution in [0.2, 0.25) is 0 Å². The number of hydrogen-bond acceptors (Lipinski definition) is 5. The Kier molecular flexibility index (Phi) is 5.66. The average Bonchev–Trinajstić information content (AvgIpc) is 2.61. The van der Waals surface area contributed by atoms with E-state index in [0.29, 0.717) is 37.2 Å². The Morgan fingerprint density at radius 1 is 1.35 bits per heavy atom. The molecule has 0 spiro atoms. The summed E-state index contributed by atoms with van der Waals surface area (Å²) in [7, 11) is -3.60. The Labute approximate surface area is 155 Å². The molecule has 2 unspecified atom stereocenters. The third-order valence-corrected chi connectivity index (χ3v) is 6.89. The highest BCUT2D eigenvalue weighted by molar-refractivity contribution is 7.89. The number of aliphatic hydroxyl groups is 1. The van der Waals surface area contributed by atoms with Gasteiger partial charge in [0.15, 0.2) is 0 Å². The van der Waals surface area contributed by atoms with Crippen molar-refractivity contribution in [1.29, 1.82) is 5.26 Å². The minimum absolute atomic E-state index is 0.0453. The first-order valence-corrected chi connectivity index (χ1v) is 10.5. The Morgan fingerprint density at radius 2 is 2.15 bits per heavy atom. The molecule has 7 heteroatoms. The summed E-state index contributed by atoms with van der Waals surface area (Å²) in [6.45, 7) is 2.80. The van der Waals surface area contributed by atoms with Gasteiger partial charge < -0.3 is 10.4 Å². The van der Waals surface area contributed by atoms with Crippen LogP contribution in [0.4, 0.5) is 5.69 Å². The van der Waals surface area contributed by atoms with Crippen LogP contribution in [-0.4, -0.2) is 43.1 Å². The van der Waals surface area contributed by atoms with Crippen molar-refractivity contribution in [3.05, 3.63) is 35.4 Å². The van der Waals surface area contributed by atoms with E-state index in [1.165, 1.54) is 10.4 Å². The molecule has 1 aliphatic carbocycles. The molecule has 1 fully saturated rings. The van der Waals surface area contributed by atoms with Crippen molar-refractivity contribution in [2.24, 2.45) is 0 Å². The summed E-state index contributed by atoms with van der Waals surface area (Å²) in [6, 6.07) is 6.78. The van der Waals surface area contributed by atoms with Crippen LogP contribution in [0.1, 0.15) is 44.6 Å². The lowest BCUT2D eigenvalue weighted by atomic mass is 9.92. The van der Waals surface area contributed by atoms with Gasteiger partial charge in [-0.25, -0.2) is 8.42 Å². The first-order valence-electron chi connectivity index (χ1n) is 9.04. The zero-order chi connectivity index (χ0) is 18.7. The number of nitriles is 1. The maximum atomic E-state index is 13.0. The number of benzene rings is 1. The molecule has 140 valence electrons. The van der Waals surface area contributed by atoms with Crippen molar-refractivity contribution in [3.63, 3.8) is 0 Å². The van der Waals surface area contributed by atoms with Gasteiger partial charge in [0.1, 0.15) is 6.07 Å². The molecular weight excluding hydrogens is 350 g/mol. The highest BCUT2D eigenvalue weighted by atomic mass is 32.2. The van der Waals surface area contributed by atoms with E-state index in [4.69, 9.17) is 0 Å². The molecule has 6 nitrogen and oxygen atoms in total. The van der Waals surface area contributed by atoms with Gasteiger partial charge >= 0.3 is 0 Å². The third-order valence-electron chi connectivity index (χ3n) is 5.05. The number of hydrogen-bond donors (Lipinski definition) is 2. The highest BCUT2D eigenvalue weighted by Gasteiger charge is 2.27. The van der Waals surface area contributed by atoms with Crippen LogP contribution in [0.3, 0.4) is 0 Å². The SMILES string of the molecule is CC1=CCCN(S(=O)(=O)c2ccc(C#N)c(NC3CCCC(O)C3)c2)C1. The van der Waals surface area contributed by atoms with Crippen LogP contribution in [0.25, 0.3) is 0 Å². The lowest BCUT2D eigenvalue weighted by Gasteiger charge is -2.28. The van der Waals surface area contributed by atoms with Gasteiger partial charge in [-0.05, 0) is 57.2 Å². The maximum Gasteiger partial charge on any atom is 0.243 e. The zero-order valence-electron chi connectivity index (χ0n) is 15.0. The summed E-state index contributed by atoms with van der Waals surface area (Å²) in [5, 5.41) is 22.5. The van der Waals surface area contributed by atoms with Crippen LogP contribution in [-0.2, 0) is 10.0 Å². The van der Waals surface area contributed by atoms with Gasteiger partial charge in [-0.2, -0.15) is 9.57 Å². The first-order chi connectivity index (χ1) is 12.4.